The fourth-order valence-electron chi connectivity index (χ4n) is 2.97. The Labute approximate surface area is 82.1 Å². The van der Waals surface area contributed by atoms with Gasteiger partial charge >= 0.3 is 6.18 Å². The third-order valence-corrected chi connectivity index (χ3v) is 3.63. The molecule has 2 aliphatic rings. The molecule has 1 heterocycles. The highest BCUT2D eigenvalue weighted by molar-refractivity contribution is 4.92. The van der Waals surface area contributed by atoms with E-state index in [2.05, 4.69) is 5.32 Å². The summed E-state index contributed by atoms with van der Waals surface area (Å²) in [7, 11) is 0. The molecule has 0 aromatic carbocycles. The molecule has 4 heteroatoms. The van der Waals surface area contributed by atoms with Crippen LogP contribution in [0.3, 0.4) is 0 Å². The molecule has 3 atom stereocenters. The van der Waals surface area contributed by atoms with Crippen LogP contribution in [0.4, 0.5) is 13.2 Å². The van der Waals surface area contributed by atoms with Gasteiger partial charge in [0.2, 0.25) is 0 Å². The van der Waals surface area contributed by atoms with E-state index in [0.29, 0.717) is 12.5 Å². The fraction of sp³-hybridized carbons (Fsp3) is 1.00. The first kappa shape index (κ1) is 10.3. The summed E-state index contributed by atoms with van der Waals surface area (Å²) >= 11 is 0. The molecule has 2 rings (SSSR count). The Hall–Kier alpha value is -0.250. The molecule has 1 nitrogen and oxygen atoms in total. The van der Waals surface area contributed by atoms with Crippen molar-refractivity contribution in [2.45, 2.75) is 44.3 Å². The molecule has 1 aliphatic carbocycles. The Morgan fingerprint density at radius 2 is 1.71 bits per heavy atom. The molecule has 0 amide bonds. The second-order valence-corrected chi connectivity index (χ2v) is 4.47. The molecular weight excluding hydrogens is 191 g/mol. The fourth-order valence-corrected chi connectivity index (χ4v) is 2.97. The standard InChI is InChI=1S/C10H16F3N/c11-10(12,13)9-8-4-2-1-3-7(8)5-6-14-9/h7-9,14H,1-6H2/t7?,8-,9?/m1/s1. The average Bonchev–Trinajstić information content (AvgIpc) is 2.15. The summed E-state index contributed by atoms with van der Waals surface area (Å²) in [5, 5.41) is 2.63. The van der Waals surface area contributed by atoms with E-state index in [1.54, 1.807) is 0 Å². The molecular formula is C10H16F3N. The summed E-state index contributed by atoms with van der Waals surface area (Å²) in [6.45, 7) is 0.533. The minimum absolute atomic E-state index is 0.155. The summed E-state index contributed by atoms with van der Waals surface area (Å²) in [5.41, 5.74) is 0. The van der Waals surface area contributed by atoms with Crippen molar-refractivity contribution in [1.29, 1.82) is 0 Å². The van der Waals surface area contributed by atoms with Gasteiger partial charge in [-0.2, -0.15) is 13.2 Å². The van der Waals surface area contributed by atoms with E-state index in [4.69, 9.17) is 0 Å². The molecule has 2 fully saturated rings. The van der Waals surface area contributed by atoms with Gasteiger partial charge in [-0.1, -0.05) is 19.3 Å². The number of halogens is 3. The van der Waals surface area contributed by atoms with Crippen molar-refractivity contribution >= 4 is 0 Å². The number of rotatable bonds is 0. The zero-order valence-electron chi connectivity index (χ0n) is 8.11. The quantitative estimate of drug-likeness (QED) is 0.644. The van der Waals surface area contributed by atoms with Gasteiger partial charge in [0.25, 0.3) is 0 Å². The minimum Gasteiger partial charge on any atom is -0.306 e. The maximum absolute atomic E-state index is 12.6. The summed E-state index contributed by atoms with van der Waals surface area (Å²) < 4.78 is 37.9. The number of hydrogen-bond donors (Lipinski definition) is 1. The molecule has 0 spiro atoms. The Morgan fingerprint density at radius 1 is 1.00 bits per heavy atom. The molecule has 1 saturated heterocycles. The summed E-state index contributed by atoms with van der Waals surface area (Å²) in [4.78, 5) is 0. The minimum atomic E-state index is -4.05. The molecule has 14 heavy (non-hydrogen) atoms. The van der Waals surface area contributed by atoms with Gasteiger partial charge in [0, 0.05) is 0 Å². The summed E-state index contributed by atoms with van der Waals surface area (Å²) in [6, 6.07) is -1.23. The zero-order chi connectivity index (χ0) is 10.2. The number of fused-ring (bicyclic) bond motifs is 1. The lowest BCUT2D eigenvalue weighted by Crippen LogP contribution is -2.54. The van der Waals surface area contributed by atoms with Gasteiger partial charge in [0.05, 0.1) is 0 Å². The molecule has 1 saturated carbocycles. The lowest BCUT2D eigenvalue weighted by atomic mass is 9.71. The van der Waals surface area contributed by atoms with E-state index in [9.17, 15) is 13.2 Å². The lowest BCUT2D eigenvalue weighted by Gasteiger charge is -2.42. The smallest absolute Gasteiger partial charge is 0.306 e. The third kappa shape index (κ3) is 1.90. The van der Waals surface area contributed by atoms with Crippen LogP contribution >= 0.6 is 0 Å². The third-order valence-electron chi connectivity index (χ3n) is 3.63. The van der Waals surface area contributed by atoms with Gasteiger partial charge < -0.3 is 5.32 Å². The molecule has 2 unspecified atom stereocenters. The van der Waals surface area contributed by atoms with Crippen molar-refractivity contribution in [3.8, 4) is 0 Å². The number of nitrogens with one attached hydrogen (secondary N) is 1. The van der Waals surface area contributed by atoms with Gasteiger partial charge in [0.1, 0.15) is 6.04 Å². The number of piperidine rings is 1. The van der Waals surface area contributed by atoms with Crippen molar-refractivity contribution in [2.24, 2.45) is 11.8 Å². The SMILES string of the molecule is FC(F)(F)C1NCCC2CCCC[C@H]21. The van der Waals surface area contributed by atoms with E-state index in [1.807, 2.05) is 0 Å². The van der Waals surface area contributed by atoms with Crippen molar-refractivity contribution < 1.29 is 13.2 Å². The molecule has 0 bridgehead atoms. The predicted octanol–water partition coefficient (Wildman–Crippen LogP) is 2.72. The van der Waals surface area contributed by atoms with E-state index < -0.39 is 12.2 Å². The largest absolute Gasteiger partial charge is 0.404 e. The monoisotopic (exact) mass is 207 g/mol. The molecule has 0 aromatic rings. The molecule has 1 N–H and O–H groups in total. The first-order valence-corrected chi connectivity index (χ1v) is 5.39. The topological polar surface area (TPSA) is 12.0 Å². The highest BCUT2D eigenvalue weighted by atomic mass is 19.4. The van der Waals surface area contributed by atoms with Crippen molar-refractivity contribution in [1.82, 2.24) is 5.32 Å². The van der Waals surface area contributed by atoms with E-state index in [0.717, 1.165) is 32.1 Å². The van der Waals surface area contributed by atoms with Crippen LogP contribution in [-0.4, -0.2) is 18.8 Å². The summed E-state index contributed by atoms with van der Waals surface area (Å²) in [6.07, 6.45) is 0.708. The van der Waals surface area contributed by atoms with E-state index in [1.165, 1.54) is 0 Å². The Kier molecular flexibility index (Phi) is 2.73. The maximum Gasteiger partial charge on any atom is 0.404 e. The van der Waals surface area contributed by atoms with Crippen molar-refractivity contribution in [3.05, 3.63) is 0 Å². The number of hydrogen-bond acceptors (Lipinski definition) is 1. The Balaban J connectivity index is 2.09. The van der Waals surface area contributed by atoms with Gasteiger partial charge in [-0.25, -0.2) is 0 Å². The first-order chi connectivity index (χ1) is 6.59. The summed E-state index contributed by atoms with van der Waals surface area (Å²) in [5.74, 6) is 0.161. The number of alkyl halides is 3. The highest BCUT2D eigenvalue weighted by Crippen LogP contribution is 2.41. The van der Waals surface area contributed by atoms with Crippen LogP contribution < -0.4 is 5.32 Å². The van der Waals surface area contributed by atoms with E-state index >= 15 is 0 Å². The molecule has 0 radical (unpaired) electrons. The average molecular weight is 207 g/mol. The van der Waals surface area contributed by atoms with Gasteiger partial charge in [0.15, 0.2) is 0 Å². The molecule has 82 valence electrons. The lowest BCUT2D eigenvalue weighted by molar-refractivity contribution is -0.181. The van der Waals surface area contributed by atoms with Crippen molar-refractivity contribution in [2.75, 3.05) is 6.54 Å². The maximum atomic E-state index is 12.6. The van der Waals surface area contributed by atoms with Crippen LogP contribution in [-0.2, 0) is 0 Å². The zero-order valence-corrected chi connectivity index (χ0v) is 8.11. The molecule has 0 aromatic heterocycles. The van der Waals surface area contributed by atoms with Gasteiger partial charge in [-0.3, -0.25) is 0 Å². The highest BCUT2D eigenvalue weighted by Gasteiger charge is 2.48. The van der Waals surface area contributed by atoms with Crippen LogP contribution in [0.15, 0.2) is 0 Å². The van der Waals surface area contributed by atoms with Gasteiger partial charge in [-0.05, 0) is 31.2 Å². The van der Waals surface area contributed by atoms with Crippen molar-refractivity contribution in [3.63, 3.8) is 0 Å². The Morgan fingerprint density at radius 3 is 2.43 bits per heavy atom. The molecule has 1 aliphatic heterocycles. The van der Waals surface area contributed by atoms with Crippen LogP contribution in [0.25, 0.3) is 0 Å². The second kappa shape index (κ2) is 3.72. The van der Waals surface area contributed by atoms with Crippen LogP contribution in [0, 0.1) is 11.8 Å². The normalized spacial score (nSPS) is 39.2. The van der Waals surface area contributed by atoms with Crippen LogP contribution in [0.1, 0.15) is 32.1 Å². The van der Waals surface area contributed by atoms with Crippen LogP contribution in [0.5, 0.6) is 0 Å². The second-order valence-electron chi connectivity index (χ2n) is 4.47. The first-order valence-electron chi connectivity index (χ1n) is 5.39. The van der Waals surface area contributed by atoms with E-state index in [-0.39, 0.29) is 5.92 Å². The van der Waals surface area contributed by atoms with Crippen LogP contribution in [0.2, 0.25) is 0 Å². The Bertz CT molecular complexity index is 200. The predicted molar refractivity (Wildman–Crippen MR) is 47.9 cm³/mol. The van der Waals surface area contributed by atoms with Gasteiger partial charge in [-0.15, -0.1) is 0 Å².